The van der Waals surface area contributed by atoms with Crippen molar-refractivity contribution in [1.82, 2.24) is 25.3 Å². The Balaban J connectivity index is 1.40. The molecular weight excluding hydrogens is 472 g/mol. The molecule has 1 saturated heterocycles. The van der Waals surface area contributed by atoms with Gasteiger partial charge in [0, 0.05) is 68.0 Å². The molecule has 11 heteroatoms. The summed E-state index contributed by atoms with van der Waals surface area (Å²) < 4.78 is 0. The molecule has 2 fully saturated rings. The second-order valence-corrected chi connectivity index (χ2v) is 9.36. The molecule has 0 aromatic carbocycles. The molecule has 11 nitrogen and oxygen atoms in total. The van der Waals surface area contributed by atoms with Crippen molar-refractivity contribution in [2.75, 3.05) is 41.7 Å². The first-order valence-electron chi connectivity index (χ1n) is 12.6. The molecule has 4 N–H and O–H groups in total. The lowest BCUT2D eigenvalue weighted by molar-refractivity contribution is -0.143. The van der Waals surface area contributed by atoms with Gasteiger partial charge in [-0.2, -0.15) is 0 Å². The maximum atomic E-state index is 13.1. The Kier molecular flexibility index (Phi) is 7.50. The number of nitrogens with one attached hydrogen (secondary N) is 3. The van der Waals surface area contributed by atoms with Gasteiger partial charge in [-0.3, -0.25) is 14.6 Å². The Morgan fingerprint density at radius 2 is 1.73 bits per heavy atom. The van der Waals surface area contributed by atoms with Crippen LogP contribution >= 0.6 is 0 Å². The summed E-state index contributed by atoms with van der Waals surface area (Å²) in [7, 11) is 0. The zero-order chi connectivity index (χ0) is 25.6. The molecule has 0 atom stereocenters. The number of carboxylic acid groups (broad SMARTS) is 1. The van der Waals surface area contributed by atoms with Gasteiger partial charge < -0.3 is 26.0 Å². The smallest absolute Gasteiger partial charge is 0.306 e. The quantitative estimate of drug-likeness (QED) is 0.380. The Bertz CT molecular complexity index is 1240. The molecule has 192 valence electrons. The second-order valence-electron chi connectivity index (χ2n) is 9.36. The largest absolute Gasteiger partial charge is 0.481 e. The number of aliphatic carboxylic acids is 1. The zero-order valence-corrected chi connectivity index (χ0v) is 20.4. The number of hydrogen-bond acceptors (Lipinski definition) is 9. The molecule has 0 spiro atoms. The molecule has 5 rings (SSSR count). The van der Waals surface area contributed by atoms with E-state index < -0.39 is 5.97 Å². The third-order valence-electron chi connectivity index (χ3n) is 6.84. The van der Waals surface area contributed by atoms with Crippen molar-refractivity contribution in [3.63, 3.8) is 0 Å². The topological polar surface area (TPSA) is 145 Å². The van der Waals surface area contributed by atoms with Gasteiger partial charge in [-0.25, -0.2) is 15.0 Å². The molecule has 3 aromatic rings. The Hall–Kier alpha value is -4.12. The van der Waals surface area contributed by atoms with E-state index in [0.717, 1.165) is 37.6 Å². The number of carboxylic acids is 1. The lowest BCUT2D eigenvalue weighted by atomic mass is 9.81. The Morgan fingerprint density at radius 3 is 2.46 bits per heavy atom. The number of rotatable bonds is 7. The second kappa shape index (κ2) is 11.3. The summed E-state index contributed by atoms with van der Waals surface area (Å²) >= 11 is 0. The van der Waals surface area contributed by atoms with E-state index in [1.165, 1.54) is 0 Å². The van der Waals surface area contributed by atoms with Crippen LogP contribution in [0.3, 0.4) is 0 Å². The summed E-state index contributed by atoms with van der Waals surface area (Å²) in [6.45, 7) is 3.58. The molecule has 2 aliphatic rings. The molecule has 37 heavy (non-hydrogen) atoms. The van der Waals surface area contributed by atoms with Crippen LogP contribution in [-0.2, 0) is 9.59 Å². The summed E-state index contributed by atoms with van der Waals surface area (Å²) in [5.41, 5.74) is 2.16. The minimum absolute atomic E-state index is 0.109. The minimum atomic E-state index is -0.783. The van der Waals surface area contributed by atoms with Crippen LogP contribution in [0.25, 0.3) is 11.3 Å². The fraction of sp³-hybridized carbons (Fsp3) is 0.385. The van der Waals surface area contributed by atoms with Crippen LogP contribution in [0.1, 0.15) is 25.7 Å². The third kappa shape index (κ3) is 6.18. The van der Waals surface area contributed by atoms with Crippen LogP contribution in [0.5, 0.6) is 0 Å². The maximum absolute atomic E-state index is 13.1. The van der Waals surface area contributed by atoms with Crippen molar-refractivity contribution in [2.24, 2.45) is 11.8 Å². The van der Waals surface area contributed by atoms with Crippen molar-refractivity contribution in [3.8, 4) is 11.3 Å². The molecular formula is C26H30N8O3. The van der Waals surface area contributed by atoms with Crippen LogP contribution in [0, 0.1) is 11.8 Å². The molecule has 0 radical (unpaired) electrons. The van der Waals surface area contributed by atoms with Crippen LogP contribution in [0.2, 0.25) is 0 Å². The van der Waals surface area contributed by atoms with Gasteiger partial charge in [0.15, 0.2) is 0 Å². The van der Waals surface area contributed by atoms with E-state index in [-0.39, 0.29) is 17.7 Å². The standard InChI is InChI=1S/C26H30N8O3/c35-25(17-1-3-18(4-2-17)26(36)37)31-20-14-21(32-22(15-20)33-23-16-28-7-8-29-23)19-5-6-30-24(13-19)34-11-9-27-10-12-34/h5-8,13-18,27H,1-4,9-12H2,(H,36,37)(H2,29,31,32,33,35)/t17-,18-. The van der Waals surface area contributed by atoms with Crippen molar-refractivity contribution in [2.45, 2.75) is 25.7 Å². The predicted molar refractivity (Wildman–Crippen MR) is 140 cm³/mol. The number of hydrogen-bond donors (Lipinski definition) is 4. The summed E-state index contributed by atoms with van der Waals surface area (Å²) in [6.07, 6.45) is 8.70. The first kappa shape index (κ1) is 24.6. The van der Waals surface area contributed by atoms with Crippen LogP contribution < -0.4 is 20.9 Å². The average molecular weight is 503 g/mol. The van der Waals surface area contributed by atoms with Gasteiger partial charge in [0.1, 0.15) is 17.5 Å². The van der Waals surface area contributed by atoms with Gasteiger partial charge in [0.25, 0.3) is 0 Å². The highest BCUT2D eigenvalue weighted by atomic mass is 16.4. The van der Waals surface area contributed by atoms with Crippen molar-refractivity contribution >= 4 is 35.0 Å². The van der Waals surface area contributed by atoms with Crippen molar-refractivity contribution < 1.29 is 14.7 Å². The van der Waals surface area contributed by atoms with E-state index in [4.69, 9.17) is 4.98 Å². The number of carbonyl (C=O) groups is 2. The lowest BCUT2D eigenvalue weighted by Gasteiger charge is -2.28. The van der Waals surface area contributed by atoms with Gasteiger partial charge in [-0.15, -0.1) is 0 Å². The van der Waals surface area contributed by atoms with E-state index in [1.807, 2.05) is 18.2 Å². The van der Waals surface area contributed by atoms with E-state index in [2.05, 4.69) is 35.8 Å². The summed E-state index contributed by atoms with van der Waals surface area (Å²) in [5.74, 6) is 0.460. The molecule has 1 amide bonds. The predicted octanol–water partition coefficient (Wildman–Crippen LogP) is 2.92. The van der Waals surface area contributed by atoms with Gasteiger partial charge in [0.05, 0.1) is 17.8 Å². The van der Waals surface area contributed by atoms with Gasteiger partial charge >= 0.3 is 5.97 Å². The molecule has 3 aromatic heterocycles. The molecule has 1 saturated carbocycles. The lowest BCUT2D eigenvalue weighted by Crippen LogP contribution is -2.43. The molecule has 1 aliphatic carbocycles. The highest BCUT2D eigenvalue weighted by molar-refractivity contribution is 5.94. The number of nitrogens with zero attached hydrogens (tertiary/aromatic N) is 5. The highest BCUT2D eigenvalue weighted by Crippen LogP contribution is 2.31. The Morgan fingerprint density at radius 1 is 0.946 bits per heavy atom. The molecule has 1 aliphatic heterocycles. The minimum Gasteiger partial charge on any atom is -0.481 e. The van der Waals surface area contributed by atoms with Crippen molar-refractivity contribution in [3.05, 3.63) is 49.1 Å². The van der Waals surface area contributed by atoms with Crippen LogP contribution in [-0.4, -0.2) is 63.1 Å². The van der Waals surface area contributed by atoms with Crippen molar-refractivity contribution in [1.29, 1.82) is 0 Å². The van der Waals surface area contributed by atoms with Gasteiger partial charge in [-0.1, -0.05) is 0 Å². The van der Waals surface area contributed by atoms with E-state index >= 15 is 0 Å². The summed E-state index contributed by atoms with van der Waals surface area (Å²) in [4.78, 5) is 44.3. The number of carbonyl (C=O) groups excluding carboxylic acids is 1. The molecule has 4 heterocycles. The maximum Gasteiger partial charge on any atom is 0.306 e. The highest BCUT2D eigenvalue weighted by Gasteiger charge is 2.30. The van der Waals surface area contributed by atoms with Gasteiger partial charge in [-0.05, 0) is 43.9 Å². The number of amides is 1. The summed E-state index contributed by atoms with van der Waals surface area (Å²) in [5, 5.41) is 18.8. The SMILES string of the molecule is O=C(O)[C@H]1CC[C@H](C(=O)Nc2cc(Nc3cnccn3)nc(-c3ccnc(N4CCNCC4)c3)c2)CC1. The molecule has 0 unspecified atom stereocenters. The average Bonchev–Trinajstić information content (AvgIpc) is 2.94. The van der Waals surface area contributed by atoms with Crippen LogP contribution in [0.15, 0.2) is 49.1 Å². The number of piperazine rings is 1. The molecule has 0 bridgehead atoms. The number of aromatic nitrogens is 4. The van der Waals surface area contributed by atoms with Crippen LogP contribution in [0.4, 0.5) is 23.1 Å². The van der Waals surface area contributed by atoms with Gasteiger partial charge in [0.2, 0.25) is 5.91 Å². The number of pyridine rings is 2. The number of anilines is 4. The third-order valence-corrected chi connectivity index (χ3v) is 6.84. The zero-order valence-electron chi connectivity index (χ0n) is 20.4. The summed E-state index contributed by atoms with van der Waals surface area (Å²) in [6, 6.07) is 7.52. The van der Waals surface area contributed by atoms with E-state index in [0.29, 0.717) is 48.7 Å². The fourth-order valence-corrected chi connectivity index (χ4v) is 4.80. The normalized spacial score (nSPS) is 19.7. The first-order chi connectivity index (χ1) is 18.0. The van der Waals surface area contributed by atoms with E-state index in [9.17, 15) is 14.7 Å². The fourth-order valence-electron chi connectivity index (χ4n) is 4.80. The van der Waals surface area contributed by atoms with E-state index in [1.54, 1.807) is 30.9 Å². The first-order valence-corrected chi connectivity index (χ1v) is 12.6. The Labute approximate surface area is 214 Å². The monoisotopic (exact) mass is 502 g/mol.